The Balaban J connectivity index is 1.80. The minimum atomic E-state index is -4.19. The van der Waals surface area contributed by atoms with Crippen LogP contribution in [0.2, 0.25) is 0 Å². The van der Waals surface area contributed by atoms with Crippen molar-refractivity contribution in [1.82, 2.24) is 10.2 Å². The predicted octanol–water partition coefficient (Wildman–Crippen LogP) is 6.05. The van der Waals surface area contributed by atoms with Gasteiger partial charge in [0.1, 0.15) is 18.4 Å². The SMILES string of the molecule is Cc1ccc(S(=O)(=O)N(CC(=O)N(Cc2ccc(F)cc2)[C@@H](Cc2ccccc2)C(=O)NCC(C)C)c2ccccc2C)cc1. The molecule has 7 nitrogen and oxygen atoms in total. The lowest BCUT2D eigenvalue weighted by molar-refractivity contribution is -0.140. The van der Waals surface area contributed by atoms with Gasteiger partial charge >= 0.3 is 0 Å². The minimum Gasteiger partial charge on any atom is -0.354 e. The lowest BCUT2D eigenvalue weighted by Gasteiger charge is -2.34. The van der Waals surface area contributed by atoms with E-state index in [0.717, 1.165) is 15.4 Å². The van der Waals surface area contributed by atoms with Gasteiger partial charge < -0.3 is 10.2 Å². The first-order valence-electron chi connectivity index (χ1n) is 15.0. The lowest BCUT2D eigenvalue weighted by atomic mass is 10.0. The summed E-state index contributed by atoms with van der Waals surface area (Å²) in [6, 6.07) is 27.5. The first-order chi connectivity index (χ1) is 21.5. The molecule has 0 bridgehead atoms. The Morgan fingerprint density at radius 2 is 1.42 bits per heavy atom. The Labute approximate surface area is 265 Å². The number of halogens is 1. The number of sulfonamides is 1. The number of hydrogen-bond acceptors (Lipinski definition) is 4. The molecule has 0 aromatic heterocycles. The molecule has 2 amide bonds. The molecule has 0 aliphatic rings. The van der Waals surface area contributed by atoms with Crippen molar-refractivity contribution < 1.29 is 22.4 Å². The fourth-order valence-electron chi connectivity index (χ4n) is 4.96. The van der Waals surface area contributed by atoms with Crippen LogP contribution >= 0.6 is 0 Å². The summed E-state index contributed by atoms with van der Waals surface area (Å²) in [5.74, 6) is -1.18. The van der Waals surface area contributed by atoms with E-state index in [9.17, 15) is 22.4 Å². The van der Waals surface area contributed by atoms with E-state index in [2.05, 4.69) is 5.32 Å². The topological polar surface area (TPSA) is 86.8 Å². The van der Waals surface area contributed by atoms with Gasteiger partial charge in [0.2, 0.25) is 11.8 Å². The highest BCUT2D eigenvalue weighted by molar-refractivity contribution is 7.92. The number of hydrogen-bond donors (Lipinski definition) is 1. The molecule has 0 spiro atoms. The molecule has 0 saturated heterocycles. The van der Waals surface area contributed by atoms with E-state index in [1.54, 1.807) is 55.5 Å². The summed E-state index contributed by atoms with van der Waals surface area (Å²) in [5, 5.41) is 2.96. The number of rotatable bonds is 13. The Bertz CT molecular complexity index is 1690. The fourth-order valence-corrected chi connectivity index (χ4v) is 6.44. The van der Waals surface area contributed by atoms with Crippen molar-refractivity contribution in [2.45, 2.75) is 51.6 Å². The maximum absolute atomic E-state index is 14.5. The monoisotopic (exact) mass is 629 g/mol. The van der Waals surface area contributed by atoms with Crippen LogP contribution in [0.5, 0.6) is 0 Å². The van der Waals surface area contributed by atoms with Crippen molar-refractivity contribution in [3.05, 3.63) is 131 Å². The number of aryl methyl sites for hydroxylation is 2. The first kappa shape index (κ1) is 33.4. The average Bonchev–Trinajstić information content (AvgIpc) is 3.02. The molecule has 4 rings (SSSR count). The van der Waals surface area contributed by atoms with Gasteiger partial charge in [-0.1, -0.05) is 92.2 Å². The summed E-state index contributed by atoms with van der Waals surface area (Å²) in [4.78, 5) is 29.7. The van der Waals surface area contributed by atoms with Crippen LogP contribution in [-0.4, -0.2) is 44.3 Å². The molecule has 1 N–H and O–H groups in total. The van der Waals surface area contributed by atoms with Gasteiger partial charge in [-0.05, 0) is 66.8 Å². The van der Waals surface area contributed by atoms with Crippen LogP contribution in [0, 0.1) is 25.6 Å². The molecule has 4 aromatic carbocycles. The van der Waals surface area contributed by atoms with Gasteiger partial charge in [0.25, 0.3) is 10.0 Å². The number of para-hydroxylation sites is 1. The van der Waals surface area contributed by atoms with Crippen molar-refractivity contribution in [2.75, 3.05) is 17.4 Å². The van der Waals surface area contributed by atoms with E-state index in [0.29, 0.717) is 23.4 Å². The number of carbonyl (C=O) groups excluding carboxylic acids is 2. The van der Waals surface area contributed by atoms with Gasteiger partial charge in [-0.25, -0.2) is 12.8 Å². The Hall–Kier alpha value is -4.50. The van der Waals surface area contributed by atoms with Crippen LogP contribution in [0.1, 0.15) is 36.1 Å². The smallest absolute Gasteiger partial charge is 0.264 e. The standard InChI is InChI=1S/C36H40FN3O4S/c1-26(2)23-38-36(42)34(22-29-11-6-5-7-12-29)39(24-30-16-18-31(37)19-17-30)35(41)25-40(33-13-9-8-10-28(33)4)45(43,44)32-20-14-27(3)15-21-32/h5-21,26,34H,22-25H2,1-4H3,(H,38,42)/t34-/m0/s1. The highest BCUT2D eigenvalue weighted by Crippen LogP contribution is 2.28. The average molecular weight is 630 g/mol. The number of carbonyl (C=O) groups is 2. The van der Waals surface area contributed by atoms with Crippen LogP contribution in [-0.2, 0) is 32.6 Å². The lowest BCUT2D eigenvalue weighted by Crippen LogP contribution is -2.53. The van der Waals surface area contributed by atoms with Crippen molar-refractivity contribution in [3.8, 4) is 0 Å². The third-order valence-electron chi connectivity index (χ3n) is 7.49. The largest absolute Gasteiger partial charge is 0.354 e. The highest BCUT2D eigenvalue weighted by Gasteiger charge is 2.35. The van der Waals surface area contributed by atoms with Gasteiger partial charge in [0, 0.05) is 19.5 Å². The minimum absolute atomic E-state index is 0.0299. The zero-order valence-electron chi connectivity index (χ0n) is 26.1. The molecule has 0 aliphatic heterocycles. The molecule has 4 aromatic rings. The van der Waals surface area contributed by atoms with Gasteiger partial charge in [-0.3, -0.25) is 13.9 Å². The zero-order valence-corrected chi connectivity index (χ0v) is 26.9. The van der Waals surface area contributed by atoms with E-state index >= 15 is 0 Å². The van der Waals surface area contributed by atoms with E-state index in [1.807, 2.05) is 51.1 Å². The fraction of sp³-hybridized carbons (Fsp3) is 0.278. The number of anilines is 1. The Morgan fingerprint density at radius 3 is 2.04 bits per heavy atom. The molecular weight excluding hydrogens is 589 g/mol. The third-order valence-corrected chi connectivity index (χ3v) is 9.27. The van der Waals surface area contributed by atoms with Crippen LogP contribution < -0.4 is 9.62 Å². The molecular formula is C36H40FN3O4S. The normalized spacial score (nSPS) is 12.0. The van der Waals surface area contributed by atoms with Crippen molar-refractivity contribution in [3.63, 3.8) is 0 Å². The quantitative estimate of drug-likeness (QED) is 0.195. The van der Waals surface area contributed by atoms with Crippen molar-refractivity contribution >= 4 is 27.5 Å². The predicted molar refractivity (Wildman–Crippen MR) is 176 cm³/mol. The summed E-state index contributed by atoms with van der Waals surface area (Å²) >= 11 is 0. The molecule has 9 heteroatoms. The third kappa shape index (κ3) is 8.79. The van der Waals surface area contributed by atoms with Crippen molar-refractivity contribution in [1.29, 1.82) is 0 Å². The first-order valence-corrected chi connectivity index (χ1v) is 16.4. The molecule has 0 radical (unpaired) electrons. The van der Waals surface area contributed by atoms with Crippen LogP contribution in [0.4, 0.5) is 10.1 Å². The van der Waals surface area contributed by atoms with E-state index in [-0.39, 0.29) is 29.7 Å². The van der Waals surface area contributed by atoms with Gasteiger partial charge in [-0.2, -0.15) is 0 Å². The summed E-state index contributed by atoms with van der Waals surface area (Å²) in [7, 11) is -4.19. The number of nitrogens with one attached hydrogen (secondary N) is 1. The molecule has 0 fully saturated rings. The molecule has 0 aliphatic carbocycles. The summed E-state index contributed by atoms with van der Waals surface area (Å²) in [6.07, 6.45) is 0.201. The molecule has 236 valence electrons. The second kappa shape index (κ2) is 15.0. The maximum Gasteiger partial charge on any atom is 0.264 e. The Morgan fingerprint density at radius 1 is 0.800 bits per heavy atom. The second-order valence-corrected chi connectivity index (χ2v) is 13.5. The van der Waals surface area contributed by atoms with E-state index in [4.69, 9.17) is 0 Å². The highest BCUT2D eigenvalue weighted by atomic mass is 32.2. The summed E-state index contributed by atoms with van der Waals surface area (Å²) in [5.41, 5.74) is 3.36. The number of benzene rings is 4. The molecule has 0 saturated carbocycles. The van der Waals surface area contributed by atoms with Crippen LogP contribution in [0.15, 0.2) is 108 Å². The maximum atomic E-state index is 14.5. The number of amides is 2. The number of nitrogens with zero attached hydrogens (tertiary/aromatic N) is 2. The Kier molecular flexibility index (Phi) is 11.1. The molecule has 1 atom stereocenters. The molecule has 0 heterocycles. The van der Waals surface area contributed by atoms with Crippen molar-refractivity contribution in [2.24, 2.45) is 5.92 Å². The van der Waals surface area contributed by atoms with E-state index in [1.165, 1.54) is 29.2 Å². The van der Waals surface area contributed by atoms with Crippen LogP contribution in [0.25, 0.3) is 0 Å². The summed E-state index contributed by atoms with van der Waals surface area (Å²) in [6.45, 7) is 7.42. The molecule has 0 unspecified atom stereocenters. The second-order valence-electron chi connectivity index (χ2n) is 11.6. The van der Waals surface area contributed by atoms with E-state index < -0.39 is 34.3 Å². The van der Waals surface area contributed by atoms with Gasteiger partial charge in [0.05, 0.1) is 10.6 Å². The van der Waals surface area contributed by atoms with Gasteiger partial charge in [0.15, 0.2) is 0 Å². The molecule has 45 heavy (non-hydrogen) atoms. The van der Waals surface area contributed by atoms with Gasteiger partial charge in [-0.15, -0.1) is 0 Å². The zero-order chi connectivity index (χ0) is 32.6. The van der Waals surface area contributed by atoms with Crippen LogP contribution in [0.3, 0.4) is 0 Å². The summed E-state index contributed by atoms with van der Waals surface area (Å²) < 4.78 is 43.3.